The minimum atomic E-state index is -1.21. The van der Waals surface area contributed by atoms with Crippen LogP contribution in [-0.2, 0) is 19.1 Å². The van der Waals surface area contributed by atoms with Gasteiger partial charge >= 0.3 is 11.9 Å². The molecule has 0 aliphatic heterocycles. The van der Waals surface area contributed by atoms with E-state index < -0.39 is 23.5 Å². The highest BCUT2D eigenvalue weighted by molar-refractivity contribution is 6.30. The van der Waals surface area contributed by atoms with Crippen LogP contribution in [0.15, 0.2) is 18.3 Å². The molecule has 19 heavy (non-hydrogen) atoms. The third-order valence-electron chi connectivity index (χ3n) is 2.13. The molecule has 1 aromatic heterocycles. The zero-order valence-corrected chi connectivity index (χ0v) is 12.0. The number of hydrogen-bond donors (Lipinski definition) is 0. The highest BCUT2D eigenvalue weighted by Gasteiger charge is 2.34. The van der Waals surface area contributed by atoms with Crippen molar-refractivity contribution in [2.24, 2.45) is 0 Å². The van der Waals surface area contributed by atoms with Crippen LogP contribution < -0.4 is 0 Å². The van der Waals surface area contributed by atoms with Gasteiger partial charge in [0.15, 0.2) is 5.92 Å². The smallest absolute Gasteiger partial charge is 0.327 e. The van der Waals surface area contributed by atoms with Gasteiger partial charge in [-0.3, -0.25) is 14.6 Å². The van der Waals surface area contributed by atoms with Crippen LogP contribution in [0.2, 0.25) is 5.02 Å². The second-order valence-electron chi connectivity index (χ2n) is 4.89. The second-order valence-corrected chi connectivity index (χ2v) is 5.33. The van der Waals surface area contributed by atoms with Crippen molar-refractivity contribution in [2.75, 3.05) is 7.11 Å². The van der Waals surface area contributed by atoms with Gasteiger partial charge in [0.1, 0.15) is 5.60 Å². The molecule has 1 unspecified atom stereocenters. The molecule has 1 atom stereocenters. The van der Waals surface area contributed by atoms with E-state index in [9.17, 15) is 9.59 Å². The molecule has 104 valence electrons. The minimum absolute atomic E-state index is 0.241. The number of carbonyl (C=O) groups is 2. The van der Waals surface area contributed by atoms with Gasteiger partial charge in [0.05, 0.1) is 17.8 Å². The van der Waals surface area contributed by atoms with Gasteiger partial charge in [-0.25, -0.2) is 0 Å². The second kappa shape index (κ2) is 6.02. The van der Waals surface area contributed by atoms with Crippen molar-refractivity contribution in [3.05, 3.63) is 29.0 Å². The zero-order chi connectivity index (χ0) is 14.6. The van der Waals surface area contributed by atoms with Gasteiger partial charge in [0.2, 0.25) is 0 Å². The molecule has 1 aromatic rings. The Hall–Kier alpha value is -1.62. The summed E-state index contributed by atoms with van der Waals surface area (Å²) in [5.74, 6) is -2.63. The van der Waals surface area contributed by atoms with Crippen molar-refractivity contribution in [3.63, 3.8) is 0 Å². The van der Waals surface area contributed by atoms with E-state index in [1.165, 1.54) is 19.4 Å². The third-order valence-corrected chi connectivity index (χ3v) is 2.35. The first kappa shape index (κ1) is 15.4. The number of ether oxygens (including phenoxy) is 2. The van der Waals surface area contributed by atoms with Crippen LogP contribution in [0.1, 0.15) is 32.4 Å². The van der Waals surface area contributed by atoms with Crippen LogP contribution in [0, 0.1) is 0 Å². The average Bonchev–Trinajstić information content (AvgIpc) is 2.29. The van der Waals surface area contributed by atoms with Gasteiger partial charge in [-0.1, -0.05) is 11.6 Å². The summed E-state index contributed by atoms with van der Waals surface area (Å²) >= 11 is 5.72. The molecule has 0 radical (unpaired) electrons. The fraction of sp³-hybridized carbons (Fsp3) is 0.462. The summed E-state index contributed by atoms with van der Waals surface area (Å²) in [5.41, 5.74) is -0.457. The van der Waals surface area contributed by atoms with Crippen LogP contribution in [0.25, 0.3) is 0 Å². The van der Waals surface area contributed by atoms with E-state index in [1.54, 1.807) is 26.8 Å². The fourth-order valence-electron chi connectivity index (χ4n) is 1.37. The number of hydrogen-bond acceptors (Lipinski definition) is 5. The number of esters is 2. The lowest BCUT2D eigenvalue weighted by molar-refractivity contribution is -0.163. The molecular weight excluding hydrogens is 270 g/mol. The lowest BCUT2D eigenvalue weighted by Gasteiger charge is -2.22. The molecule has 6 heteroatoms. The quantitative estimate of drug-likeness (QED) is 0.630. The predicted molar refractivity (Wildman–Crippen MR) is 69.8 cm³/mol. The van der Waals surface area contributed by atoms with Crippen LogP contribution in [-0.4, -0.2) is 29.6 Å². The van der Waals surface area contributed by atoms with Gasteiger partial charge in [0.25, 0.3) is 0 Å². The zero-order valence-electron chi connectivity index (χ0n) is 11.3. The predicted octanol–water partition coefficient (Wildman–Crippen LogP) is 2.33. The largest absolute Gasteiger partial charge is 0.468 e. The summed E-state index contributed by atoms with van der Waals surface area (Å²) in [6.45, 7) is 5.15. The number of methoxy groups -OCH3 is 1. The Morgan fingerprint density at radius 1 is 1.26 bits per heavy atom. The lowest BCUT2D eigenvalue weighted by atomic mass is 10.0. The van der Waals surface area contributed by atoms with E-state index in [4.69, 9.17) is 16.3 Å². The maximum absolute atomic E-state index is 12.0. The van der Waals surface area contributed by atoms with Crippen LogP contribution in [0.4, 0.5) is 0 Å². The summed E-state index contributed by atoms with van der Waals surface area (Å²) in [6.07, 6.45) is 1.36. The van der Waals surface area contributed by atoms with Crippen molar-refractivity contribution in [1.82, 2.24) is 4.98 Å². The van der Waals surface area contributed by atoms with E-state index in [0.29, 0.717) is 5.02 Å². The van der Waals surface area contributed by atoms with Gasteiger partial charge < -0.3 is 9.47 Å². The molecule has 0 saturated carbocycles. The highest BCUT2D eigenvalue weighted by Crippen LogP contribution is 2.21. The SMILES string of the molecule is COC(=O)C(C(=O)OC(C)(C)C)c1ccc(Cl)cn1. The number of aromatic nitrogens is 1. The first-order chi connectivity index (χ1) is 8.74. The molecule has 1 heterocycles. The van der Waals surface area contributed by atoms with E-state index in [1.807, 2.05) is 0 Å². The lowest BCUT2D eigenvalue weighted by Crippen LogP contribution is -2.32. The molecule has 0 aliphatic carbocycles. The van der Waals surface area contributed by atoms with Crippen LogP contribution >= 0.6 is 11.6 Å². The van der Waals surface area contributed by atoms with Crippen molar-refractivity contribution < 1.29 is 19.1 Å². The molecule has 0 saturated heterocycles. The van der Waals surface area contributed by atoms with E-state index in [2.05, 4.69) is 9.72 Å². The Morgan fingerprint density at radius 3 is 2.32 bits per heavy atom. The van der Waals surface area contributed by atoms with Crippen LogP contribution in [0.3, 0.4) is 0 Å². The van der Waals surface area contributed by atoms with Gasteiger partial charge in [-0.15, -0.1) is 0 Å². The Kier molecular flexibility index (Phi) is 4.89. The van der Waals surface area contributed by atoms with Gasteiger partial charge in [0, 0.05) is 6.20 Å². The first-order valence-electron chi connectivity index (χ1n) is 5.67. The molecule has 0 aromatic carbocycles. The molecule has 0 N–H and O–H groups in total. The summed E-state index contributed by atoms with van der Waals surface area (Å²) in [5, 5.41) is 0.413. The first-order valence-corrected chi connectivity index (χ1v) is 6.04. The minimum Gasteiger partial charge on any atom is -0.468 e. The Balaban J connectivity index is 3.05. The maximum Gasteiger partial charge on any atom is 0.327 e. The van der Waals surface area contributed by atoms with E-state index in [0.717, 1.165) is 0 Å². The Morgan fingerprint density at radius 2 is 1.89 bits per heavy atom. The molecule has 5 nitrogen and oxygen atoms in total. The summed E-state index contributed by atoms with van der Waals surface area (Å²) in [7, 11) is 1.20. The van der Waals surface area contributed by atoms with Crippen molar-refractivity contribution in [3.8, 4) is 0 Å². The molecule has 0 amide bonds. The molecule has 0 aliphatic rings. The Labute approximate surface area is 116 Å². The molecular formula is C13H16ClNO4. The third kappa shape index (κ3) is 4.52. The van der Waals surface area contributed by atoms with Gasteiger partial charge in [-0.2, -0.15) is 0 Å². The summed E-state index contributed by atoms with van der Waals surface area (Å²) in [4.78, 5) is 27.7. The topological polar surface area (TPSA) is 65.5 Å². The number of pyridine rings is 1. The van der Waals surface area contributed by atoms with Crippen LogP contribution in [0.5, 0.6) is 0 Å². The molecule has 0 bridgehead atoms. The van der Waals surface area contributed by atoms with Crippen molar-refractivity contribution in [1.29, 1.82) is 0 Å². The fourth-order valence-corrected chi connectivity index (χ4v) is 1.49. The van der Waals surface area contributed by atoms with Crippen molar-refractivity contribution >= 4 is 23.5 Å². The monoisotopic (exact) mass is 285 g/mol. The Bertz CT molecular complexity index is 465. The van der Waals surface area contributed by atoms with Gasteiger partial charge in [-0.05, 0) is 32.9 Å². The van der Waals surface area contributed by atoms with E-state index >= 15 is 0 Å². The highest BCUT2D eigenvalue weighted by atomic mass is 35.5. The molecule has 0 spiro atoms. The summed E-state index contributed by atoms with van der Waals surface area (Å²) in [6, 6.07) is 3.04. The number of rotatable bonds is 3. The maximum atomic E-state index is 12.0. The average molecular weight is 286 g/mol. The van der Waals surface area contributed by atoms with Crippen molar-refractivity contribution in [2.45, 2.75) is 32.3 Å². The molecule has 1 rings (SSSR count). The standard InChI is InChI=1S/C13H16ClNO4/c1-13(2,3)19-12(17)10(11(16)18-4)9-6-5-8(14)7-15-9/h5-7,10H,1-4H3. The number of halogens is 1. The normalized spacial score (nSPS) is 12.7. The number of carbonyl (C=O) groups excluding carboxylic acids is 2. The van der Waals surface area contributed by atoms with E-state index in [-0.39, 0.29) is 5.69 Å². The molecule has 0 fully saturated rings. The number of nitrogens with zero attached hydrogens (tertiary/aromatic N) is 1. The summed E-state index contributed by atoms with van der Waals surface area (Å²) < 4.78 is 9.81.